The minimum Gasteiger partial charge on any atom is -0.383 e. The Kier molecular flexibility index (Phi) is 4.29. The summed E-state index contributed by atoms with van der Waals surface area (Å²) in [6.07, 6.45) is 1.60. The van der Waals surface area contributed by atoms with Gasteiger partial charge in [0, 0.05) is 17.3 Å². The molecule has 3 nitrogen and oxygen atoms in total. The molecule has 0 saturated heterocycles. The van der Waals surface area contributed by atoms with Gasteiger partial charge < -0.3 is 11.1 Å². The van der Waals surface area contributed by atoms with Crippen LogP contribution in [0.15, 0.2) is 30.5 Å². The molecule has 0 fully saturated rings. The number of benzene rings is 1. The topological polar surface area (TPSA) is 50.9 Å². The first-order valence-electron chi connectivity index (χ1n) is 6.44. The fraction of sp³-hybridized carbons (Fsp3) is 0.267. The first-order valence-corrected chi connectivity index (χ1v) is 6.44. The van der Waals surface area contributed by atoms with E-state index in [1.165, 1.54) is 6.07 Å². The summed E-state index contributed by atoms with van der Waals surface area (Å²) in [5, 5.41) is 3.14. The number of halogens is 2. The summed E-state index contributed by atoms with van der Waals surface area (Å²) in [7, 11) is 0. The van der Waals surface area contributed by atoms with Crippen molar-refractivity contribution >= 4 is 5.82 Å². The van der Waals surface area contributed by atoms with Crippen LogP contribution in [-0.4, -0.2) is 11.5 Å². The van der Waals surface area contributed by atoms with Crippen LogP contribution < -0.4 is 11.1 Å². The molecule has 0 aliphatic carbocycles. The van der Waals surface area contributed by atoms with Crippen molar-refractivity contribution in [3.05, 3.63) is 58.8 Å². The summed E-state index contributed by atoms with van der Waals surface area (Å²) >= 11 is 0. The van der Waals surface area contributed by atoms with E-state index in [9.17, 15) is 8.78 Å². The smallest absolute Gasteiger partial charge is 0.128 e. The molecule has 1 aromatic heterocycles. The molecule has 0 amide bonds. The van der Waals surface area contributed by atoms with Crippen LogP contribution in [0.1, 0.15) is 29.7 Å². The zero-order valence-corrected chi connectivity index (χ0v) is 11.5. The Labute approximate surface area is 116 Å². The van der Waals surface area contributed by atoms with Gasteiger partial charge in [-0.15, -0.1) is 0 Å². The van der Waals surface area contributed by atoms with Gasteiger partial charge in [0.2, 0.25) is 0 Å². The predicted molar refractivity (Wildman–Crippen MR) is 75.3 cm³/mol. The van der Waals surface area contributed by atoms with Crippen molar-refractivity contribution < 1.29 is 8.78 Å². The van der Waals surface area contributed by atoms with Gasteiger partial charge in [-0.25, -0.2) is 13.8 Å². The van der Waals surface area contributed by atoms with Crippen molar-refractivity contribution in [2.45, 2.75) is 19.9 Å². The largest absolute Gasteiger partial charge is 0.383 e. The predicted octanol–water partition coefficient (Wildman–Crippen LogP) is 2.95. The van der Waals surface area contributed by atoms with Gasteiger partial charge in [-0.2, -0.15) is 0 Å². The van der Waals surface area contributed by atoms with E-state index in [-0.39, 0.29) is 5.56 Å². The van der Waals surface area contributed by atoms with Gasteiger partial charge in [-0.05, 0) is 43.3 Å². The highest BCUT2D eigenvalue weighted by Crippen LogP contribution is 2.30. The third kappa shape index (κ3) is 2.77. The molecule has 2 rings (SSSR count). The Morgan fingerprint density at radius 1 is 1.30 bits per heavy atom. The second-order valence-corrected chi connectivity index (χ2v) is 4.58. The second-order valence-electron chi connectivity index (χ2n) is 4.58. The van der Waals surface area contributed by atoms with Crippen molar-refractivity contribution in [3.63, 3.8) is 0 Å². The highest BCUT2D eigenvalue weighted by molar-refractivity contribution is 5.50. The van der Waals surface area contributed by atoms with Crippen LogP contribution in [0.4, 0.5) is 14.6 Å². The Bertz CT molecular complexity index is 594. The van der Waals surface area contributed by atoms with Gasteiger partial charge in [0.1, 0.15) is 17.5 Å². The number of pyridine rings is 1. The molecule has 0 aliphatic heterocycles. The summed E-state index contributed by atoms with van der Waals surface area (Å²) in [6.45, 7) is 4.36. The Morgan fingerprint density at radius 3 is 2.70 bits per heavy atom. The third-order valence-corrected chi connectivity index (χ3v) is 3.20. The normalized spacial score (nSPS) is 12.4. The van der Waals surface area contributed by atoms with Crippen LogP contribution >= 0.6 is 0 Å². The van der Waals surface area contributed by atoms with Crippen LogP contribution in [0.2, 0.25) is 0 Å². The fourth-order valence-corrected chi connectivity index (χ4v) is 2.27. The molecule has 3 N–H and O–H groups in total. The molecule has 20 heavy (non-hydrogen) atoms. The van der Waals surface area contributed by atoms with Crippen LogP contribution in [-0.2, 0) is 0 Å². The average molecular weight is 277 g/mol. The number of hydrogen-bond acceptors (Lipinski definition) is 3. The molecule has 0 saturated carbocycles. The first kappa shape index (κ1) is 14.4. The first-order chi connectivity index (χ1) is 9.54. The number of rotatable bonds is 4. The molecule has 0 spiro atoms. The van der Waals surface area contributed by atoms with Gasteiger partial charge in [-0.1, -0.05) is 6.92 Å². The van der Waals surface area contributed by atoms with Crippen molar-refractivity contribution in [2.75, 3.05) is 12.3 Å². The minimum absolute atomic E-state index is 0.231. The number of nitrogens with zero attached hydrogens (tertiary/aromatic N) is 1. The summed E-state index contributed by atoms with van der Waals surface area (Å²) in [5.74, 6) is -0.635. The van der Waals surface area contributed by atoms with E-state index < -0.39 is 17.7 Å². The van der Waals surface area contributed by atoms with Crippen LogP contribution in [0, 0.1) is 18.6 Å². The zero-order chi connectivity index (χ0) is 14.7. The number of nitrogens with one attached hydrogen (secondary N) is 1. The highest BCUT2D eigenvalue weighted by atomic mass is 19.1. The summed E-state index contributed by atoms with van der Waals surface area (Å²) in [4.78, 5) is 4.04. The van der Waals surface area contributed by atoms with Crippen molar-refractivity contribution in [1.82, 2.24) is 10.3 Å². The molecule has 1 unspecified atom stereocenters. The van der Waals surface area contributed by atoms with Crippen molar-refractivity contribution in [1.29, 1.82) is 0 Å². The fourth-order valence-electron chi connectivity index (χ4n) is 2.27. The maximum absolute atomic E-state index is 14.0. The Hall–Kier alpha value is -2.01. The average Bonchev–Trinajstić information content (AvgIpc) is 2.40. The van der Waals surface area contributed by atoms with E-state index in [1.54, 1.807) is 12.3 Å². The molecule has 106 valence electrons. The molecular formula is C15H17F2N3. The molecule has 0 aliphatic rings. The minimum atomic E-state index is -0.524. The van der Waals surface area contributed by atoms with Crippen LogP contribution in [0.25, 0.3) is 0 Å². The molecule has 0 bridgehead atoms. The molecule has 2 aromatic rings. The van der Waals surface area contributed by atoms with Crippen molar-refractivity contribution in [3.8, 4) is 0 Å². The number of anilines is 1. The van der Waals surface area contributed by atoms with E-state index in [0.29, 0.717) is 17.9 Å². The summed E-state index contributed by atoms with van der Waals surface area (Å²) < 4.78 is 27.4. The SMILES string of the molecule is CCNC(c1cc(F)ccc1F)c1c(C)ccnc1N. The van der Waals surface area contributed by atoms with Gasteiger partial charge in [0.15, 0.2) is 0 Å². The lowest BCUT2D eigenvalue weighted by Gasteiger charge is -2.22. The van der Waals surface area contributed by atoms with Gasteiger partial charge in [-0.3, -0.25) is 0 Å². The van der Waals surface area contributed by atoms with Gasteiger partial charge >= 0.3 is 0 Å². The monoisotopic (exact) mass is 277 g/mol. The number of nitrogen functional groups attached to an aromatic ring is 1. The van der Waals surface area contributed by atoms with Crippen LogP contribution in [0.3, 0.4) is 0 Å². The van der Waals surface area contributed by atoms with E-state index >= 15 is 0 Å². The second kappa shape index (κ2) is 5.96. The van der Waals surface area contributed by atoms with Crippen LogP contribution in [0.5, 0.6) is 0 Å². The Balaban J connectivity index is 2.59. The summed E-state index contributed by atoms with van der Waals surface area (Å²) in [6, 6.07) is 4.68. The van der Waals surface area contributed by atoms with E-state index in [0.717, 1.165) is 17.7 Å². The number of nitrogens with two attached hydrogens (primary N) is 1. The lowest BCUT2D eigenvalue weighted by molar-refractivity contribution is 0.544. The number of hydrogen-bond donors (Lipinski definition) is 2. The number of aromatic nitrogens is 1. The quantitative estimate of drug-likeness (QED) is 0.903. The maximum Gasteiger partial charge on any atom is 0.128 e. The molecule has 1 atom stereocenters. The Morgan fingerprint density at radius 2 is 2.05 bits per heavy atom. The molecule has 1 aromatic carbocycles. The standard InChI is InChI=1S/C15H17F2N3/c1-3-19-14(11-8-10(16)4-5-12(11)17)13-9(2)6-7-20-15(13)18/h4-8,14,19H,3H2,1-2H3,(H2,18,20). The summed E-state index contributed by atoms with van der Waals surface area (Å²) in [5.41, 5.74) is 7.70. The lowest BCUT2D eigenvalue weighted by Crippen LogP contribution is -2.25. The number of aryl methyl sites for hydroxylation is 1. The van der Waals surface area contributed by atoms with Gasteiger partial charge in [0.25, 0.3) is 0 Å². The molecule has 1 heterocycles. The van der Waals surface area contributed by atoms with E-state index in [2.05, 4.69) is 10.3 Å². The van der Waals surface area contributed by atoms with Gasteiger partial charge in [0.05, 0.1) is 6.04 Å². The third-order valence-electron chi connectivity index (χ3n) is 3.20. The van der Waals surface area contributed by atoms with E-state index in [1.807, 2.05) is 13.8 Å². The highest BCUT2D eigenvalue weighted by Gasteiger charge is 2.22. The zero-order valence-electron chi connectivity index (χ0n) is 11.5. The van der Waals surface area contributed by atoms with Crippen molar-refractivity contribution in [2.24, 2.45) is 0 Å². The van der Waals surface area contributed by atoms with E-state index in [4.69, 9.17) is 5.73 Å². The lowest BCUT2D eigenvalue weighted by atomic mass is 9.95. The maximum atomic E-state index is 14.0. The molecule has 0 radical (unpaired) electrons. The molecule has 5 heteroatoms. The molecular weight excluding hydrogens is 260 g/mol.